The second kappa shape index (κ2) is 6.81. The van der Waals surface area contributed by atoms with Gasteiger partial charge < -0.3 is 10.6 Å². The molecule has 1 saturated carbocycles. The van der Waals surface area contributed by atoms with Gasteiger partial charge in [-0.15, -0.1) is 10.2 Å². The van der Waals surface area contributed by atoms with E-state index in [0.29, 0.717) is 27.9 Å². The molecule has 1 saturated heterocycles. The molecule has 2 unspecified atom stereocenters. The first-order valence-electron chi connectivity index (χ1n) is 8.93. The summed E-state index contributed by atoms with van der Waals surface area (Å²) in [4.78, 5) is 8.80. The third kappa shape index (κ3) is 2.97. The number of hydrogen-bond donors (Lipinski definition) is 1. The summed E-state index contributed by atoms with van der Waals surface area (Å²) in [6.07, 6.45) is 5.90. The van der Waals surface area contributed by atoms with Gasteiger partial charge in [0.1, 0.15) is 6.33 Å². The van der Waals surface area contributed by atoms with Gasteiger partial charge >= 0.3 is 0 Å². The fraction of sp³-hybridized carbons (Fsp3) is 0.389. The Morgan fingerprint density at radius 1 is 1.15 bits per heavy atom. The van der Waals surface area contributed by atoms with E-state index in [4.69, 9.17) is 33.9 Å². The Bertz CT molecular complexity index is 1010. The molecule has 0 spiro atoms. The summed E-state index contributed by atoms with van der Waals surface area (Å²) in [5.74, 6) is 2.09. The Labute approximate surface area is 171 Å². The van der Waals surface area contributed by atoms with Crippen LogP contribution in [0.4, 0.5) is 5.95 Å². The van der Waals surface area contributed by atoms with Crippen molar-refractivity contribution >= 4 is 46.6 Å². The highest BCUT2D eigenvalue weighted by Crippen LogP contribution is 2.41. The lowest BCUT2D eigenvalue weighted by molar-refractivity contribution is 0.453. The number of fused-ring (bicyclic) bond motifs is 2. The van der Waals surface area contributed by atoms with Crippen molar-refractivity contribution in [1.29, 1.82) is 0 Å². The molecule has 2 aliphatic rings. The lowest BCUT2D eigenvalue weighted by Gasteiger charge is -2.20. The molecule has 1 aromatic carbocycles. The van der Waals surface area contributed by atoms with Gasteiger partial charge in [-0.1, -0.05) is 41.0 Å². The average Bonchev–Trinajstić information content (AvgIpc) is 3.37. The van der Waals surface area contributed by atoms with Crippen molar-refractivity contribution in [3.05, 3.63) is 40.8 Å². The Balaban J connectivity index is 1.48. The third-order valence-electron chi connectivity index (χ3n) is 5.61. The fourth-order valence-electron chi connectivity index (χ4n) is 4.24. The second-order valence-corrected chi connectivity index (χ2v) is 9.04. The van der Waals surface area contributed by atoms with Gasteiger partial charge in [-0.05, 0) is 36.8 Å². The van der Waals surface area contributed by atoms with Crippen LogP contribution in [0.5, 0.6) is 0 Å². The van der Waals surface area contributed by atoms with E-state index in [1.54, 1.807) is 12.4 Å². The number of hydrogen-bond acceptors (Lipinski definition) is 6. The van der Waals surface area contributed by atoms with Gasteiger partial charge in [0.05, 0.1) is 14.9 Å². The zero-order valence-corrected chi connectivity index (χ0v) is 16.8. The summed E-state index contributed by atoms with van der Waals surface area (Å²) in [5, 5.41) is 9.49. The molecule has 5 rings (SSSR count). The molecule has 0 bridgehead atoms. The molecule has 3 heterocycles. The lowest BCUT2D eigenvalue weighted by atomic mass is 9.98. The summed E-state index contributed by atoms with van der Waals surface area (Å²) in [6, 6.07) is 5.89. The van der Waals surface area contributed by atoms with Gasteiger partial charge in [0, 0.05) is 30.2 Å². The Hall–Kier alpha value is -1.54. The molecule has 6 nitrogen and oxygen atoms in total. The Morgan fingerprint density at radius 2 is 2.04 bits per heavy atom. The largest absolute Gasteiger partial charge is 0.341 e. The number of nitrogens with zero attached hydrogens (tertiary/aromatic N) is 5. The van der Waals surface area contributed by atoms with Crippen LogP contribution in [0.15, 0.2) is 40.5 Å². The minimum atomic E-state index is 0.302. The standard InChI is InChI=1S/C18H18Cl2N6S/c19-12-2-1-3-14(16(12)20)27-15-6-22-18(26-9-23-24-17(15)26)25-7-10-4-5-13(21)11(10)8-25/h1-3,6,9-11,13H,4-5,7-8,21H2/t10?,11?,13-/m1/s1. The zero-order valence-electron chi connectivity index (χ0n) is 14.4. The first-order chi connectivity index (χ1) is 13.1. The lowest BCUT2D eigenvalue weighted by Crippen LogP contribution is -2.31. The average molecular weight is 421 g/mol. The Morgan fingerprint density at radius 3 is 2.89 bits per heavy atom. The topological polar surface area (TPSA) is 72.3 Å². The van der Waals surface area contributed by atoms with E-state index in [0.717, 1.165) is 40.9 Å². The van der Waals surface area contributed by atoms with Crippen LogP contribution in [0, 0.1) is 11.8 Å². The maximum absolute atomic E-state index is 6.34. The number of benzene rings is 1. The van der Waals surface area contributed by atoms with Crippen LogP contribution < -0.4 is 10.6 Å². The molecule has 2 N–H and O–H groups in total. The SMILES string of the molecule is N[C@@H]1CCC2CN(c3ncc(Sc4cccc(Cl)c4Cl)c4nncn34)CC21. The van der Waals surface area contributed by atoms with Crippen LogP contribution in [0.2, 0.25) is 10.0 Å². The van der Waals surface area contributed by atoms with E-state index in [1.165, 1.54) is 18.2 Å². The highest BCUT2D eigenvalue weighted by atomic mass is 35.5. The van der Waals surface area contributed by atoms with Crippen LogP contribution in [0.25, 0.3) is 5.65 Å². The first kappa shape index (κ1) is 17.6. The van der Waals surface area contributed by atoms with Crippen molar-refractivity contribution in [3.63, 3.8) is 0 Å². The number of halogens is 2. The Kier molecular flexibility index (Phi) is 4.43. The molecule has 3 aromatic rings. The predicted octanol–water partition coefficient (Wildman–Crippen LogP) is 3.76. The molecule has 2 fully saturated rings. The molecule has 27 heavy (non-hydrogen) atoms. The minimum absolute atomic E-state index is 0.302. The number of rotatable bonds is 3. The van der Waals surface area contributed by atoms with Crippen molar-refractivity contribution in [2.24, 2.45) is 17.6 Å². The van der Waals surface area contributed by atoms with E-state index in [2.05, 4.69) is 15.1 Å². The van der Waals surface area contributed by atoms with Crippen LogP contribution >= 0.6 is 35.0 Å². The summed E-state index contributed by atoms with van der Waals surface area (Å²) in [6.45, 7) is 1.93. The second-order valence-electron chi connectivity index (χ2n) is 7.17. The van der Waals surface area contributed by atoms with E-state index in [9.17, 15) is 0 Å². The van der Waals surface area contributed by atoms with Crippen molar-refractivity contribution < 1.29 is 0 Å². The van der Waals surface area contributed by atoms with Gasteiger partial charge in [0.25, 0.3) is 0 Å². The van der Waals surface area contributed by atoms with Gasteiger partial charge in [0.15, 0.2) is 5.65 Å². The number of aromatic nitrogens is 4. The molecule has 9 heteroatoms. The molecule has 140 valence electrons. The van der Waals surface area contributed by atoms with E-state index >= 15 is 0 Å². The van der Waals surface area contributed by atoms with Crippen LogP contribution in [0.1, 0.15) is 12.8 Å². The quantitative estimate of drug-likeness (QED) is 0.695. The molecule has 2 aromatic heterocycles. The molecule has 0 amide bonds. The van der Waals surface area contributed by atoms with E-state index in [-0.39, 0.29) is 0 Å². The zero-order chi connectivity index (χ0) is 18.5. The molecule has 3 atom stereocenters. The maximum atomic E-state index is 6.34. The summed E-state index contributed by atoms with van der Waals surface area (Å²) in [5.41, 5.74) is 7.05. The molecular formula is C18H18Cl2N6S. The molecular weight excluding hydrogens is 403 g/mol. The van der Waals surface area contributed by atoms with Gasteiger partial charge in [-0.2, -0.15) is 0 Å². The maximum Gasteiger partial charge on any atom is 0.212 e. The molecule has 1 aliphatic carbocycles. The van der Waals surface area contributed by atoms with Crippen molar-refractivity contribution in [2.45, 2.75) is 28.7 Å². The summed E-state index contributed by atoms with van der Waals surface area (Å²) < 4.78 is 1.95. The fourth-order valence-corrected chi connectivity index (χ4v) is 5.64. The summed E-state index contributed by atoms with van der Waals surface area (Å²) >= 11 is 14.0. The smallest absolute Gasteiger partial charge is 0.212 e. The predicted molar refractivity (Wildman–Crippen MR) is 108 cm³/mol. The minimum Gasteiger partial charge on any atom is -0.341 e. The van der Waals surface area contributed by atoms with Crippen molar-refractivity contribution in [2.75, 3.05) is 18.0 Å². The van der Waals surface area contributed by atoms with Gasteiger partial charge in [-0.25, -0.2) is 9.38 Å². The number of anilines is 1. The number of nitrogens with two attached hydrogens (primary N) is 1. The van der Waals surface area contributed by atoms with E-state index in [1.807, 2.05) is 22.7 Å². The monoisotopic (exact) mass is 420 g/mol. The van der Waals surface area contributed by atoms with E-state index < -0.39 is 0 Å². The highest BCUT2D eigenvalue weighted by molar-refractivity contribution is 7.99. The normalized spacial score (nSPS) is 24.7. The molecule has 1 aliphatic heterocycles. The van der Waals surface area contributed by atoms with Crippen molar-refractivity contribution in [1.82, 2.24) is 19.6 Å². The first-order valence-corrected chi connectivity index (χ1v) is 10.5. The van der Waals surface area contributed by atoms with Gasteiger partial charge in [-0.3, -0.25) is 0 Å². The van der Waals surface area contributed by atoms with Gasteiger partial charge in [0.2, 0.25) is 5.95 Å². The summed E-state index contributed by atoms with van der Waals surface area (Å²) in [7, 11) is 0. The van der Waals surface area contributed by atoms with Crippen LogP contribution in [-0.4, -0.2) is 38.7 Å². The third-order valence-corrected chi connectivity index (χ3v) is 7.61. The van der Waals surface area contributed by atoms with Crippen LogP contribution in [-0.2, 0) is 0 Å². The molecule has 0 radical (unpaired) electrons. The van der Waals surface area contributed by atoms with Crippen LogP contribution in [0.3, 0.4) is 0 Å². The highest BCUT2D eigenvalue weighted by Gasteiger charge is 2.42. The van der Waals surface area contributed by atoms with Crippen molar-refractivity contribution in [3.8, 4) is 0 Å².